The maximum atomic E-state index is 11.4. The molecule has 0 saturated heterocycles. The van der Waals surface area contributed by atoms with Gasteiger partial charge in [0.15, 0.2) is 0 Å². The Hall–Kier alpha value is -0.860. The van der Waals surface area contributed by atoms with Gasteiger partial charge < -0.3 is 5.11 Å². The second-order valence-corrected chi connectivity index (χ2v) is 5.34. The van der Waals surface area contributed by atoms with E-state index in [1.165, 1.54) is 19.3 Å². The molecule has 106 valence electrons. The van der Waals surface area contributed by atoms with Gasteiger partial charge in [-0.3, -0.25) is 9.59 Å². The molecule has 0 fully saturated rings. The van der Waals surface area contributed by atoms with Crippen molar-refractivity contribution in [3.8, 4) is 0 Å². The number of Topliss-reactive ketones (excluding diaryl/α,β-unsaturated/α-hetero) is 1. The third-order valence-electron chi connectivity index (χ3n) is 3.21. The summed E-state index contributed by atoms with van der Waals surface area (Å²) in [5.74, 6) is -0.132. The van der Waals surface area contributed by atoms with Crippen LogP contribution in [0.5, 0.6) is 0 Å². The maximum Gasteiger partial charge on any atom is 0.303 e. The summed E-state index contributed by atoms with van der Waals surface area (Å²) in [5.41, 5.74) is 0. The van der Waals surface area contributed by atoms with Gasteiger partial charge in [-0.15, -0.1) is 0 Å². The highest BCUT2D eigenvalue weighted by Crippen LogP contribution is 2.11. The van der Waals surface area contributed by atoms with Gasteiger partial charge in [-0.25, -0.2) is 0 Å². The molecule has 3 nitrogen and oxygen atoms in total. The zero-order valence-corrected chi connectivity index (χ0v) is 11.9. The monoisotopic (exact) mass is 256 g/mol. The van der Waals surface area contributed by atoms with E-state index < -0.39 is 5.97 Å². The van der Waals surface area contributed by atoms with Crippen molar-refractivity contribution in [1.82, 2.24) is 0 Å². The molecule has 0 atom stereocenters. The SMILES string of the molecule is CC(C)C(=O)CCCCCCCCCCC(=O)O. The van der Waals surface area contributed by atoms with Crippen LogP contribution in [0.25, 0.3) is 0 Å². The molecule has 0 aromatic rings. The van der Waals surface area contributed by atoms with Crippen molar-refractivity contribution < 1.29 is 14.7 Å². The molecule has 1 N–H and O–H groups in total. The minimum absolute atomic E-state index is 0.180. The number of carboxylic acids is 1. The number of rotatable bonds is 12. The molecule has 0 aliphatic carbocycles. The Kier molecular flexibility index (Phi) is 10.7. The predicted octanol–water partition coefficient (Wildman–Crippen LogP) is 4.20. The number of carbonyl (C=O) groups is 2. The van der Waals surface area contributed by atoms with Crippen LogP contribution in [0.2, 0.25) is 0 Å². The number of hydrogen-bond acceptors (Lipinski definition) is 2. The highest BCUT2D eigenvalue weighted by Gasteiger charge is 2.05. The van der Waals surface area contributed by atoms with Crippen molar-refractivity contribution in [1.29, 1.82) is 0 Å². The number of ketones is 1. The Labute approximate surface area is 111 Å². The fourth-order valence-electron chi connectivity index (χ4n) is 1.92. The molecule has 0 aliphatic heterocycles. The molecule has 0 aromatic carbocycles. The van der Waals surface area contributed by atoms with Crippen molar-refractivity contribution >= 4 is 11.8 Å². The molecule has 0 spiro atoms. The zero-order chi connectivity index (χ0) is 13.8. The molecule has 0 aliphatic rings. The van der Waals surface area contributed by atoms with Crippen LogP contribution < -0.4 is 0 Å². The van der Waals surface area contributed by atoms with E-state index in [1.54, 1.807) is 0 Å². The standard InChI is InChI=1S/C15H28O3/c1-13(2)14(16)11-9-7-5-3-4-6-8-10-12-15(17)18/h13H,3-12H2,1-2H3,(H,17,18). The van der Waals surface area contributed by atoms with Gasteiger partial charge >= 0.3 is 5.97 Å². The lowest BCUT2D eigenvalue weighted by Gasteiger charge is -2.04. The van der Waals surface area contributed by atoms with E-state index in [-0.39, 0.29) is 5.92 Å². The molecule has 0 bridgehead atoms. The van der Waals surface area contributed by atoms with Gasteiger partial charge in [0.05, 0.1) is 0 Å². The summed E-state index contributed by atoms with van der Waals surface area (Å²) in [5, 5.41) is 8.47. The molecular weight excluding hydrogens is 228 g/mol. The number of carboxylic acid groups (broad SMARTS) is 1. The van der Waals surface area contributed by atoms with Crippen molar-refractivity contribution in [2.24, 2.45) is 5.92 Å². The first-order valence-corrected chi connectivity index (χ1v) is 7.28. The van der Waals surface area contributed by atoms with Crippen LogP contribution in [0.1, 0.15) is 78.1 Å². The van der Waals surface area contributed by atoms with E-state index >= 15 is 0 Å². The van der Waals surface area contributed by atoms with Crippen LogP contribution in [-0.4, -0.2) is 16.9 Å². The van der Waals surface area contributed by atoms with Crippen LogP contribution in [0.4, 0.5) is 0 Å². The molecule has 0 unspecified atom stereocenters. The molecule has 0 radical (unpaired) electrons. The second-order valence-electron chi connectivity index (χ2n) is 5.34. The van der Waals surface area contributed by atoms with Crippen molar-refractivity contribution in [3.05, 3.63) is 0 Å². The summed E-state index contributed by atoms with van der Waals surface area (Å²) < 4.78 is 0. The van der Waals surface area contributed by atoms with Crippen LogP contribution in [-0.2, 0) is 9.59 Å². The molecular formula is C15H28O3. The van der Waals surface area contributed by atoms with E-state index in [4.69, 9.17) is 5.11 Å². The van der Waals surface area contributed by atoms with Crippen LogP contribution >= 0.6 is 0 Å². The minimum Gasteiger partial charge on any atom is -0.481 e. The number of aliphatic carboxylic acids is 1. The van der Waals surface area contributed by atoms with Crippen LogP contribution in [0, 0.1) is 5.92 Å². The van der Waals surface area contributed by atoms with Gasteiger partial charge in [0.2, 0.25) is 0 Å². The third kappa shape index (κ3) is 11.6. The summed E-state index contributed by atoms with van der Waals surface area (Å²) in [6.45, 7) is 3.92. The third-order valence-corrected chi connectivity index (χ3v) is 3.21. The molecule has 18 heavy (non-hydrogen) atoms. The smallest absolute Gasteiger partial charge is 0.303 e. The second kappa shape index (κ2) is 11.2. The molecule has 0 heterocycles. The van der Waals surface area contributed by atoms with E-state index in [2.05, 4.69) is 0 Å². The molecule has 0 rings (SSSR count). The Balaban J connectivity index is 3.12. The zero-order valence-electron chi connectivity index (χ0n) is 11.9. The van der Waals surface area contributed by atoms with Gasteiger partial charge in [-0.05, 0) is 12.8 Å². The normalized spacial score (nSPS) is 10.8. The average Bonchev–Trinajstić information content (AvgIpc) is 2.30. The first-order valence-electron chi connectivity index (χ1n) is 7.28. The molecule has 0 saturated carbocycles. The van der Waals surface area contributed by atoms with Gasteiger partial charge in [0, 0.05) is 18.8 Å². The largest absolute Gasteiger partial charge is 0.481 e. The summed E-state index contributed by atoms with van der Waals surface area (Å²) in [7, 11) is 0. The lowest BCUT2D eigenvalue weighted by molar-refractivity contribution is -0.137. The van der Waals surface area contributed by atoms with Gasteiger partial charge in [-0.2, -0.15) is 0 Å². The highest BCUT2D eigenvalue weighted by atomic mass is 16.4. The van der Waals surface area contributed by atoms with Gasteiger partial charge in [-0.1, -0.05) is 52.4 Å². The molecule has 3 heteroatoms. The van der Waals surface area contributed by atoms with Gasteiger partial charge in [0.1, 0.15) is 5.78 Å². The highest BCUT2D eigenvalue weighted by molar-refractivity contribution is 5.80. The van der Waals surface area contributed by atoms with Gasteiger partial charge in [0.25, 0.3) is 0 Å². The van der Waals surface area contributed by atoms with Crippen molar-refractivity contribution in [2.75, 3.05) is 0 Å². The number of unbranched alkanes of at least 4 members (excludes halogenated alkanes) is 7. The minimum atomic E-state index is -0.690. The first kappa shape index (κ1) is 17.1. The Morgan fingerprint density at radius 3 is 1.56 bits per heavy atom. The Morgan fingerprint density at radius 1 is 0.778 bits per heavy atom. The maximum absolute atomic E-state index is 11.4. The predicted molar refractivity (Wildman–Crippen MR) is 73.7 cm³/mol. The Morgan fingerprint density at radius 2 is 1.17 bits per heavy atom. The van der Waals surface area contributed by atoms with Crippen molar-refractivity contribution in [3.63, 3.8) is 0 Å². The number of hydrogen-bond donors (Lipinski definition) is 1. The van der Waals surface area contributed by atoms with Crippen LogP contribution in [0.15, 0.2) is 0 Å². The quantitative estimate of drug-likeness (QED) is 0.532. The summed E-state index contributed by atoms with van der Waals surface area (Å²) in [6.07, 6.45) is 9.77. The van der Waals surface area contributed by atoms with E-state index in [1.807, 2.05) is 13.8 Å². The Bertz CT molecular complexity index is 234. The molecule has 0 amide bonds. The molecule has 0 aromatic heterocycles. The summed E-state index contributed by atoms with van der Waals surface area (Å²) >= 11 is 0. The number of carbonyl (C=O) groups excluding carboxylic acids is 1. The lowest BCUT2D eigenvalue weighted by Crippen LogP contribution is -2.05. The summed E-state index contributed by atoms with van der Waals surface area (Å²) in [6, 6.07) is 0. The van der Waals surface area contributed by atoms with E-state index in [9.17, 15) is 9.59 Å². The van der Waals surface area contributed by atoms with E-state index in [0.717, 1.165) is 38.5 Å². The average molecular weight is 256 g/mol. The van der Waals surface area contributed by atoms with Crippen molar-refractivity contribution in [2.45, 2.75) is 78.1 Å². The summed E-state index contributed by atoms with van der Waals surface area (Å²) in [4.78, 5) is 21.6. The lowest BCUT2D eigenvalue weighted by atomic mass is 10.0. The topological polar surface area (TPSA) is 54.4 Å². The first-order chi connectivity index (χ1) is 8.54. The fraction of sp³-hybridized carbons (Fsp3) is 0.867. The van der Waals surface area contributed by atoms with E-state index in [0.29, 0.717) is 12.2 Å². The fourth-order valence-corrected chi connectivity index (χ4v) is 1.92. The van der Waals surface area contributed by atoms with Crippen LogP contribution in [0.3, 0.4) is 0 Å².